The van der Waals surface area contributed by atoms with Gasteiger partial charge in [0.1, 0.15) is 5.82 Å². The van der Waals surface area contributed by atoms with Crippen LogP contribution in [0, 0.1) is 11.3 Å². The monoisotopic (exact) mass is 1160 g/mol. The van der Waals surface area contributed by atoms with Crippen molar-refractivity contribution in [3.8, 4) is 136 Å². The Labute approximate surface area is 525 Å². The summed E-state index contributed by atoms with van der Waals surface area (Å²) in [4.78, 5) is 36.8. The fourth-order valence-corrected chi connectivity index (χ4v) is 12.3. The first-order valence-corrected chi connectivity index (χ1v) is 30.2. The zero-order chi connectivity index (χ0) is 60.6. The topological polar surface area (TPSA) is 119 Å². The van der Waals surface area contributed by atoms with Gasteiger partial charge in [-0.15, -0.1) is 0 Å². The van der Waals surface area contributed by atoms with Gasteiger partial charge in [0.15, 0.2) is 34.9 Å². The van der Waals surface area contributed by atoms with Gasteiger partial charge in [0.2, 0.25) is 0 Å². The normalized spacial score (nSPS) is 11.3. The summed E-state index contributed by atoms with van der Waals surface area (Å²) < 4.78 is 2.26. The number of benzene rings is 13. The minimum absolute atomic E-state index is 0.548. The van der Waals surface area contributed by atoms with Crippen molar-refractivity contribution in [3.05, 3.63) is 315 Å². The third-order valence-electron chi connectivity index (χ3n) is 16.8. The van der Waals surface area contributed by atoms with Crippen LogP contribution in [-0.2, 0) is 0 Å². The van der Waals surface area contributed by atoms with E-state index in [4.69, 9.17) is 34.9 Å². The SMILES string of the molecule is N#Cc1ccccc1-c1ccc(-c2ccc3ccccc3c2-c2nc(-c3ccccc3)nc(-c3cccc(-c4ccc5nc(-c6ccc(-c7ccc8ccccc8c7-c7nc(-c8ccccc8)nc(-c8ccccc8)n7)cc6)n(-c6ccccc6)c5c4)c3)n2)cc1. The summed E-state index contributed by atoms with van der Waals surface area (Å²) >= 11 is 0. The highest BCUT2D eigenvalue weighted by Crippen LogP contribution is 2.42. The van der Waals surface area contributed by atoms with Crippen LogP contribution in [0.25, 0.3) is 162 Å². The summed E-state index contributed by atoms with van der Waals surface area (Å²) in [6.07, 6.45) is 0. The molecule has 0 N–H and O–H groups in total. The molecule has 0 aliphatic heterocycles. The maximum atomic E-state index is 9.93. The molecule has 16 aromatic rings. The van der Waals surface area contributed by atoms with Crippen LogP contribution in [0.3, 0.4) is 0 Å². The highest BCUT2D eigenvalue weighted by molar-refractivity contribution is 6.05. The van der Waals surface area contributed by atoms with E-state index in [9.17, 15) is 5.26 Å². The molecule has 0 amide bonds. The van der Waals surface area contributed by atoms with E-state index in [0.717, 1.165) is 128 Å². The van der Waals surface area contributed by atoms with Crippen LogP contribution in [0.2, 0.25) is 0 Å². The van der Waals surface area contributed by atoms with E-state index in [0.29, 0.717) is 40.5 Å². The first kappa shape index (κ1) is 53.8. The maximum absolute atomic E-state index is 9.93. The minimum Gasteiger partial charge on any atom is -0.292 e. The Kier molecular flexibility index (Phi) is 13.7. The van der Waals surface area contributed by atoms with Gasteiger partial charge >= 0.3 is 0 Å². The first-order valence-electron chi connectivity index (χ1n) is 30.2. The van der Waals surface area contributed by atoms with Gasteiger partial charge in [0, 0.05) is 44.6 Å². The van der Waals surface area contributed by atoms with Gasteiger partial charge in [-0.3, -0.25) is 4.57 Å². The Hall–Kier alpha value is -12.6. The summed E-state index contributed by atoms with van der Waals surface area (Å²) in [6, 6.07) is 108. The van der Waals surface area contributed by atoms with Crippen LogP contribution in [-0.4, -0.2) is 39.5 Å². The van der Waals surface area contributed by atoms with Crippen molar-refractivity contribution in [1.29, 1.82) is 5.26 Å². The highest BCUT2D eigenvalue weighted by Gasteiger charge is 2.23. The molecule has 0 atom stereocenters. The van der Waals surface area contributed by atoms with Gasteiger partial charge in [-0.1, -0.05) is 273 Å². The quantitative estimate of drug-likeness (QED) is 0.119. The molecule has 424 valence electrons. The molecule has 91 heavy (non-hydrogen) atoms. The van der Waals surface area contributed by atoms with Gasteiger partial charge in [0.05, 0.1) is 22.7 Å². The van der Waals surface area contributed by atoms with Gasteiger partial charge in [0.25, 0.3) is 0 Å². The molecule has 0 aliphatic carbocycles. The summed E-state index contributed by atoms with van der Waals surface area (Å²) in [5.74, 6) is 4.30. The largest absolute Gasteiger partial charge is 0.292 e. The molecule has 0 bridgehead atoms. The van der Waals surface area contributed by atoms with Crippen LogP contribution in [0.15, 0.2) is 309 Å². The zero-order valence-corrected chi connectivity index (χ0v) is 49.0. The van der Waals surface area contributed by atoms with Gasteiger partial charge in [-0.2, -0.15) is 5.26 Å². The Balaban J connectivity index is 0.790. The minimum atomic E-state index is 0.548. The molecule has 3 aromatic heterocycles. The van der Waals surface area contributed by atoms with Crippen molar-refractivity contribution in [3.63, 3.8) is 0 Å². The number of para-hydroxylation sites is 1. The standard InChI is InChI=1S/C82H51N9/c83-52-65-28-15-16-33-67(65)55-36-38-56(39-37-55)70-47-44-54-21-14-18-35-69(54)75(70)81-89-78(60-26-9-3-10-27-60)86-79(90-81)64-30-19-29-62(50-64)63-46-49-72-73(51-63)91(66-31-11-4-12-32-66)82(84-72)61-42-40-57(41-43-61)71-48-45-53-20-13-17-34-68(53)74(71)80-87-76(58-22-5-1-6-23-58)85-77(88-80)59-24-7-2-8-25-59/h1-51H. The summed E-state index contributed by atoms with van der Waals surface area (Å²) in [5.41, 5.74) is 17.6. The predicted octanol–water partition coefficient (Wildman–Crippen LogP) is 19.9. The molecule has 0 radical (unpaired) electrons. The van der Waals surface area contributed by atoms with E-state index in [1.54, 1.807) is 0 Å². The molecule has 0 unspecified atom stereocenters. The van der Waals surface area contributed by atoms with E-state index in [2.05, 4.69) is 199 Å². The van der Waals surface area contributed by atoms with E-state index >= 15 is 0 Å². The molecule has 9 nitrogen and oxygen atoms in total. The molecule has 16 rings (SSSR count). The summed E-state index contributed by atoms with van der Waals surface area (Å²) in [5, 5.41) is 14.2. The van der Waals surface area contributed by atoms with E-state index in [1.807, 2.05) is 121 Å². The average molecular weight is 1160 g/mol. The zero-order valence-electron chi connectivity index (χ0n) is 49.0. The van der Waals surface area contributed by atoms with Crippen molar-refractivity contribution in [2.75, 3.05) is 0 Å². The summed E-state index contributed by atoms with van der Waals surface area (Å²) in [7, 11) is 0. The maximum Gasteiger partial charge on any atom is 0.165 e. The van der Waals surface area contributed by atoms with E-state index < -0.39 is 0 Å². The second-order valence-electron chi connectivity index (χ2n) is 22.3. The number of hydrogen-bond acceptors (Lipinski definition) is 8. The number of imidazole rings is 1. The lowest BCUT2D eigenvalue weighted by Gasteiger charge is -2.15. The van der Waals surface area contributed by atoms with Gasteiger partial charge < -0.3 is 0 Å². The molecule has 13 aromatic carbocycles. The second-order valence-corrected chi connectivity index (χ2v) is 22.3. The number of aromatic nitrogens is 8. The number of nitrogens with zero attached hydrogens (tertiary/aromatic N) is 9. The van der Waals surface area contributed by atoms with Crippen LogP contribution < -0.4 is 0 Å². The molecule has 0 saturated heterocycles. The Morgan fingerprint density at radius 1 is 0.264 bits per heavy atom. The lowest BCUT2D eigenvalue weighted by atomic mass is 9.92. The first-order chi connectivity index (χ1) is 45.0. The smallest absolute Gasteiger partial charge is 0.165 e. The number of nitriles is 1. The van der Waals surface area contributed by atoms with Crippen LogP contribution in [0.1, 0.15) is 5.56 Å². The molecule has 0 spiro atoms. The van der Waals surface area contributed by atoms with Crippen molar-refractivity contribution in [2.45, 2.75) is 0 Å². The third kappa shape index (κ3) is 10.2. The van der Waals surface area contributed by atoms with Crippen molar-refractivity contribution >= 4 is 32.6 Å². The highest BCUT2D eigenvalue weighted by atomic mass is 15.1. The van der Waals surface area contributed by atoms with Gasteiger partial charge in [-0.05, 0) is 102 Å². The Morgan fingerprint density at radius 2 is 0.659 bits per heavy atom. The van der Waals surface area contributed by atoms with Crippen LogP contribution in [0.5, 0.6) is 0 Å². The third-order valence-corrected chi connectivity index (χ3v) is 16.8. The predicted molar refractivity (Wildman–Crippen MR) is 367 cm³/mol. The number of rotatable bonds is 12. The number of hydrogen-bond donors (Lipinski definition) is 0. The summed E-state index contributed by atoms with van der Waals surface area (Å²) in [6.45, 7) is 0. The molecular formula is C82H51N9. The lowest BCUT2D eigenvalue weighted by molar-refractivity contribution is 1.08. The van der Waals surface area contributed by atoms with Crippen LogP contribution in [0.4, 0.5) is 0 Å². The molecule has 0 fully saturated rings. The molecule has 0 saturated carbocycles. The van der Waals surface area contributed by atoms with Crippen LogP contribution >= 0.6 is 0 Å². The van der Waals surface area contributed by atoms with Crippen molar-refractivity contribution in [1.82, 2.24) is 39.5 Å². The second kappa shape index (κ2) is 23.2. The Bertz CT molecular complexity index is 5400. The molecule has 3 heterocycles. The lowest BCUT2D eigenvalue weighted by Crippen LogP contribution is -2.02. The molecular weight excluding hydrogens is 1110 g/mol. The molecule has 0 aliphatic rings. The fourth-order valence-electron chi connectivity index (χ4n) is 12.3. The molecule has 9 heteroatoms. The van der Waals surface area contributed by atoms with Crippen molar-refractivity contribution < 1.29 is 0 Å². The van der Waals surface area contributed by atoms with E-state index in [1.165, 1.54) is 0 Å². The van der Waals surface area contributed by atoms with E-state index in [-0.39, 0.29) is 0 Å². The van der Waals surface area contributed by atoms with Crippen molar-refractivity contribution in [2.24, 2.45) is 0 Å². The van der Waals surface area contributed by atoms with Gasteiger partial charge in [-0.25, -0.2) is 34.9 Å². The Morgan fingerprint density at radius 3 is 1.19 bits per heavy atom. The fraction of sp³-hybridized carbons (Fsp3) is 0. The average Bonchev–Trinajstić information content (AvgIpc) is 1.64. The number of fused-ring (bicyclic) bond motifs is 3.